The van der Waals surface area contributed by atoms with Crippen LogP contribution in [0.2, 0.25) is 4.34 Å². The van der Waals surface area contributed by atoms with E-state index in [-0.39, 0.29) is 5.91 Å². The molecule has 2 aromatic heterocycles. The van der Waals surface area contributed by atoms with E-state index in [1.54, 1.807) is 35.6 Å². The second kappa shape index (κ2) is 6.82. The summed E-state index contributed by atoms with van der Waals surface area (Å²) in [6.45, 7) is 0.490. The van der Waals surface area contributed by atoms with Crippen LogP contribution >= 0.6 is 34.7 Å². The molecule has 96 valence electrons. The largest absolute Gasteiger partial charge is 0.350 e. The molecule has 18 heavy (non-hydrogen) atoms. The van der Waals surface area contributed by atoms with Gasteiger partial charge in [0.2, 0.25) is 5.91 Å². The summed E-state index contributed by atoms with van der Waals surface area (Å²) in [6, 6.07) is 3.86. The van der Waals surface area contributed by atoms with Crippen molar-refractivity contribution in [2.45, 2.75) is 12.3 Å². The third kappa shape index (κ3) is 4.36. The second-order valence-corrected chi connectivity index (χ2v) is 6.34. The number of thioether (sulfide) groups is 1. The van der Waals surface area contributed by atoms with Gasteiger partial charge >= 0.3 is 0 Å². The Morgan fingerprint density at radius 2 is 2.44 bits per heavy atom. The molecule has 2 N–H and O–H groups in total. The Bertz CT molecular complexity index is 498. The second-order valence-electron chi connectivity index (χ2n) is 3.55. The van der Waals surface area contributed by atoms with Gasteiger partial charge in [0, 0.05) is 16.8 Å². The molecule has 0 saturated heterocycles. The average molecular weight is 302 g/mol. The molecule has 2 rings (SSSR count). The number of thiophene rings is 1. The van der Waals surface area contributed by atoms with Crippen molar-refractivity contribution in [3.63, 3.8) is 0 Å². The van der Waals surface area contributed by atoms with Gasteiger partial charge in [-0.25, -0.2) is 4.98 Å². The zero-order valence-corrected chi connectivity index (χ0v) is 11.9. The van der Waals surface area contributed by atoms with Gasteiger partial charge in [0.1, 0.15) is 0 Å². The van der Waals surface area contributed by atoms with Gasteiger partial charge in [0.25, 0.3) is 0 Å². The van der Waals surface area contributed by atoms with E-state index in [2.05, 4.69) is 15.3 Å². The zero-order valence-electron chi connectivity index (χ0n) is 9.48. The first-order chi connectivity index (χ1) is 8.74. The number of hydrogen-bond donors (Lipinski definition) is 2. The molecule has 2 aromatic rings. The number of nitrogens with zero attached hydrogens (tertiary/aromatic N) is 1. The van der Waals surface area contributed by atoms with E-state index in [1.165, 1.54) is 4.88 Å². The summed E-state index contributed by atoms with van der Waals surface area (Å²) in [4.78, 5) is 19.5. The molecule has 7 heteroatoms. The standard InChI is InChI=1S/C11H12ClN3OS2/c12-10-2-1-9(18-10)5-17-6-11(16)14-4-8-3-13-7-15-8/h1-3,7H,4-6H2,(H,13,15)(H,14,16). The quantitative estimate of drug-likeness (QED) is 0.862. The van der Waals surface area contributed by atoms with Crippen molar-refractivity contribution < 1.29 is 4.79 Å². The van der Waals surface area contributed by atoms with Crippen LogP contribution in [-0.2, 0) is 17.1 Å². The minimum Gasteiger partial charge on any atom is -0.350 e. The van der Waals surface area contributed by atoms with Gasteiger partial charge in [0.15, 0.2) is 0 Å². The molecule has 4 nitrogen and oxygen atoms in total. The molecule has 2 heterocycles. The molecule has 0 aliphatic heterocycles. The van der Waals surface area contributed by atoms with Gasteiger partial charge in [-0.1, -0.05) is 11.6 Å². The summed E-state index contributed by atoms with van der Waals surface area (Å²) in [7, 11) is 0. The first-order valence-electron chi connectivity index (χ1n) is 5.30. The Morgan fingerprint density at radius 1 is 1.56 bits per heavy atom. The Labute approximate surface area is 118 Å². The van der Waals surface area contributed by atoms with Crippen LogP contribution in [0.1, 0.15) is 10.6 Å². The number of halogens is 1. The Hall–Kier alpha value is -0.980. The number of rotatable bonds is 6. The smallest absolute Gasteiger partial charge is 0.230 e. The molecule has 0 unspecified atom stereocenters. The van der Waals surface area contributed by atoms with Crippen molar-refractivity contribution in [1.29, 1.82) is 0 Å². The van der Waals surface area contributed by atoms with Gasteiger partial charge in [-0.3, -0.25) is 4.79 Å². The van der Waals surface area contributed by atoms with Crippen LogP contribution < -0.4 is 5.32 Å². The molecule has 0 saturated carbocycles. The minimum atomic E-state index is 0.0252. The van der Waals surface area contributed by atoms with Crippen LogP contribution in [0, 0.1) is 0 Å². The summed E-state index contributed by atoms with van der Waals surface area (Å²) < 4.78 is 0.786. The third-order valence-electron chi connectivity index (χ3n) is 2.14. The van der Waals surface area contributed by atoms with E-state index in [0.717, 1.165) is 15.8 Å². The molecule has 0 aliphatic rings. The molecule has 1 amide bonds. The summed E-state index contributed by atoms with van der Waals surface area (Å²) in [6.07, 6.45) is 3.29. The van der Waals surface area contributed by atoms with Crippen molar-refractivity contribution in [3.05, 3.63) is 39.6 Å². The maximum absolute atomic E-state index is 11.5. The number of carbonyl (C=O) groups is 1. The van der Waals surface area contributed by atoms with E-state index < -0.39 is 0 Å². The van der Waals surface area contributed by atoms with Crippen LogP contribution in [-0.4, -0.2) is 21.6 Å². The van der Waals surface area contributed by atoms with Crippen molar-refractivity contribution in [2.24, 2.45) is 0 Å². The SMILES string of the molecule is O=C(CSCc1ccc(Cl)s1)NCc1cnc[nH]1. The first kappa shape index (κ1) is 13.5. The zero-order chi connectivity index (χ0) is 12.8. The monoisotopic (exact) mass is 301 g/mol. The summed E-state index contributed by atoms with van der Waals surface area (Å²) in [5.41, 5.74) is 0.901. The van der Waals surface area contributed by atoms with Crippen LogP contribution in [0.25, 0.3) is 0 Å². The van der Waals surface area contributed by atoms with Crippen LogP contribution in [0.15, 0.2) is 24.7 Å². The predicted molar refractivity (Wildman–Crippen MR) is 75.9 cm³/mol. The van der Waals surface area contributed by atoms with Gasteiger partial charge < -0.3 is 10.3 Å². The van der Waals surface area contributed by atoms with Gasteiger partial charge in [-0.05, 0) is 12.1 Å². The molecular formula is C11H12ClN3OS2. The molecule has 0 bridgehead atoms. The maximum atomic E-state index is 11.5. The molecule has 0 spiro atoms. The lowest BCUT2D eigenvalue weighted by molar-refractivity contribution is -0.118. The number of amides is 1. The fourth-order valence-corrected chi connectivity index (χ4v) is 3.36. The lowest BCUT2D eigenvalue weighted by Gasteiger charge is -2.02. The average Bonchev–Trinajstić information content (AvgIpc) is 2.98. The summed E-state index contributed by atoms with van der Waals surface area (Å²) >= 11 is 8.96. The van der Waals surface area contributed by atoms with Crippen molar-refractivity contribution in [3.8, 4) is 0 Å². The highest BCUT2D eigenvalue weighted by Crippen LogP contribution is 2.24. The number of aromatic nitrogens is 2. The first-order valence-corrected chi connectivity index (χ1v) is 7.65. The van der Waals surface area contributed by atoms with Crippen LogP contribution in [0.5, 0.6) is 0 Å². The minimum absolute atomic E-state index is 0.0252. The van der Waals surface area contributed by atoms with E-state index in [1.807, 2.05) is 12.1 Å². The normalized spacial score (nSPS) is 10.5. The van der Waals surface area contributed by atoms with Gasteiger partial charge in [-0.15, -0.1) is 23.1 Å². The molecule has 0 aromatic carbocycles. The number of carbonyl (C=O) groups excluding carboxylic acids is 1. The lowest BCUT2D eigenvalue weighted by Crippen LogP contribution is -2.24. The number of hydrogen-bond acceptors (Lipinski definition) is 4. The van der Waals surface area contributed by atoms with Crippen molar-refractivity contribution in [2.75, 3.05) is 5.75 Å². The van der Waals surface area contributed by atoms with E-state index in [4.69, 9.17) is 11.6 Å². The van der Waals surface area contributed by atoms with Crippen molar-refractivity contribution >= 4 is 40.6 Å². The van der Waals surface area contributed by atoms with E-state index in [9.17, 15) is 4.79 Å². The molecule has 0 aliphatic carbocycles. The van der Waals surface area contributed by atoms with E-state index >= 15 is 0 Å². The number of imidazole rings is 1. The molecule has 0 radical (unpaired) electrons. The lowest BCUT2D eigenvalue weighted by atomic mass is 10.5. The highest BCUT2D eigenvalue weighted by Gasteiger charge is 2.04. The Balaban J connectivity index is 1.63. The Kier molecular flexibility index (Phi) is 5.10. The summed E-state index contributed by atoms with van der Waals surface area (Å²) in [5.74, 6) is 1.29. The van der Waals surface area contributed by atoms with Gasteiger partial charge in [0.05, 0.1) is 28.7 Å². The van der Waals surface area contributed by atoms with Crippen LogP contribution in [0.4, 0.5) is 0 Å². The predicted octanol–water partition coefficient (Wildman–Crippen LogP) is 2.67. The topological polar surface area (TPSA) is 57.8 Å². The third-order valence-corrected chi connectivity index (χ3v) is 4.53. The molecular weight excluding hydrogens is 290 g/mol. The summed E-state index contributed by atoms with van der Waals surface area (Å²) in [5, 5.41) is 2.82. The molecule has 0 atom stereocenters. The van der Waals surface area contributed by atoms with Crippen LogP contribution in [0.3, 0.4) is 0 Å². The number of nitrogens with one attached hydrogen (secondary N) is 2. The highest BCUT2D eigenvalue weighted by molar-refractivity contribution is 7.99. The number of H-pyrrole nitrogens is 1. The molecule has 0 fully saturated rings. The van der Waals surface area contributed by atoms with E-state index in [0.29, 0.717) is 12.3 Å². The maximum Gasteiger partial charge on any atom is 0.230 e. The van der Waals surface area contributed by atoms with Gasteiger partial charge in [-0.2, -0.15) is 0 Å². The van der Waals surface area contributed by atoms with Crippen molar-refractivity contribution in [1.82, 2.24) is 15.3 Å². The highest BCUT2D eigenvalue weighted by atomic mass is 35.5. The fourth-order valence-electron chi connectivity index (χ4n) is 1.30. The fraction of sp³-hybridized carbons (Fsp3) is 0.273. The Morgan fingerprint density at radius 3 is 3.11 bits per heavy atom. The number of aromatic amines is 1.